The highest BCUT2D eigenvalue weighted by molar-refractivity contribution is 5.81. The first-order chi connectivity index (χ1) is 34.5. The van der Waals surface area contributed by atoms with Crippen LogP contribution in [0.1, 0.15) is 55.6 Å². The normalized spacial score (nSPS) is 11.8. The summed E-state index contributed by atoms with van der Waals surface area (Å²) in [5, 5.41) is 0. The number of rotatable bonds is 16. The van der Waals surface area contributed by atoms with Crippen molar-refractivity contribution in [3.8, 4) is 0 Å². The number of hydrogen-bond donors (Lipinski definition) is 0. The molecule has 0 fully saturated rings. The third-order valence-electron chi connectivity index (χ3n) is 12.0. The highest BCUT2D eigenvalue weighted by Gasteiger charge is 2.14. The highest BCUT2D eigenvalue weighted by Crippen LogP contribution is 2.37. The molecule has 0 bridgehead atoms. The zero-order valence-electron chi connectivity index (χ0n) is 39.8. The lowest BCUT2D eigenvalue weighted by Gasteiger charge is -2.26. The molecule has 0 atom stereocenters. The Balaban J connectivity index is 0.835. The van der Waals surface area contributed by atoms with Crippen molar-refractivity contribution >= 4 is 82.7 Å². The zero-order chi connectivity index (χ0) is 47.7. The van der Waals surface area contributed by atoms with Crippen molar-refractivity contribution in [1.82, 2.24) is 0 Å². The predicted octanol–water partition coefficient (Wildman–Crippen LogP) is 19.0. The Morgan fingerprint density at radius 3 is 0.629 bits per heavy atom. The van der Waals surface area contributed by atoms with Gasteiger partial charge in [-0.05, 0) is 131 Å². The number of nitrogens with zero attached hydrogens (tertiary/aromatic N) is 2. The van der Waals surface area contributed by atoms with E-state index in [2.05, 4.69) is 315 Å². The summed E-state index contributed by atoms with van der Waals surface area (Å²) in [5.41, 5.74) is 18.4. The van der Waals surface area contributed by atoms with Crippen molar-refractivity contribution in [3.63, 3.8) is 0 Å². The molecule has 0 heterocycles. The molecule has 0 spiro atoms. The van der Waals surface area contributed by atoms with Crippen molar-refractivity contribution in [2.75, 3.05) is 9.80 Å². The molecule has 0 aliphatic heterocycles. The van der Waals surface area contributed by atoms with Crippen LogP contribution in [0.3, 0.4) is 0 Å². The largest absolute Gasteiger partial charge is 0.311 e. The summed E-state index contributed by atoms with van der Waals surface area (Å²) in [6, 6.07) is 81.9. The molecule has 0 N–H and O–H groups in total. The quantitative estimate of drug-likeness (QED) is 0.0704. The monoisotopic (exact) mass is 900 g/mol. The molecular weight excluding hydrogens is 845 g/mol. The highest BCUT2D eigenvalue weighted by atomic mass is 15.1. The standard InChI is InChI=1S/C68H56N2/c1-53-21-41-63(42-22-53)69(65-45-33-57(34-46-65)19-11-9-17-55-13-5-3-6-14-55)67-49-37-61(38-50-67)31-29-59-25-27-60(28-26-59)30-32-62-39-51-68(52-40-62)70(64-43-23-54(2)24-44-64)66-47-35-58(36-48-66)20-12-10-18-56-15-7-4-8-16-56/h3-52H,1-2H3/b17-9-,18-10-,19-11-,20-12-,31-29+,32-30+. The third-order valence-corrected chi connectivity index (χ3v) is 12.0. The Hall–Kier alpha value is -8.98. The number of benzene rings is 9. The van der Waals surface area contributed by atoms with Crippen LogP contribution in [0.15, 0.2) is 255 Å². The Morgan fingerprint density at radius 1 is 0.200 bits per heavy atom. The van der Waals surface area contributed by atoms with E-state index in [0.29, 0.717) is 0 Å². The number of anilines is 6. The molecule has 9 aromatic carbocycles. The van der Waals surface area contributed by atoms with Crippen LogP contribution < -0.4 is 9.80 Å². The van der Waals surface area contributed by atoms with E-state index >= 15 is 0 Å². The van der Waals surface area contributed by atoms with E-state index in [-0.39, 0.29) is 0 Å². The second-order valence-electron chi connectivity index (χ2n) is 17.3. The zero-order valence-corrected chi connectivity index (χ0v) is 39.8. The van der Waals surface area contributed by atoms with Gasteiger partial charge in [-0.1, -0.05) is 242 Å². The first-order valence-corrected chi connectivity index (χ1v) is 23.9. The van der Waals surface area contributed by atoms with Gasteiger partial charge in [0.1, 0.15) is 0 Å². The fourth-order valence-corrected chi connectivity index (χ4v) is 8.12. The lowest BCUT2D eigenvalue weighted by molar-refractivity contribution is 1.27. The van der Waals surface area contributed by atoms with E-state index in [1.165, 1.54) is 22.3 Å². The first kappa shape index (κ1) is 46.1. The Bertz CT molecular complexity index is 3000. The fourth-order valence-electron chi connectivity index (χ4n) is 8.12. The average Bonchev–Trinajstić information content (AvgIpc) is 3.41. The Labute approximate surface area is 414 Å². The summed E-state index contributed by atoms with van der Waals surface area (Å²) in [7, 11) is 0. The van der Waals surface area contributed by atoms with E-state index < -0.39 is 0 Å². The molecule has 9 rings (SSSR count). The lowest BCUT2D eigenvalue weighted by Crippen LogP contribution is -2.09. The smallest absolute Gasteiger partial charge is 0.0462 e. The summed E-state index contributed by atoms with van der Waals surface area (Å²) < 4.78 is 0. The third kappa shape index (κ3) is 12.7. The summed E-state index contributed by atoms with van der Waals surface area (Å²) in [6.07, 6.45) is 25.6. The summed E-state index contributed by atoms with van der Waals surface area (Å²) >= 11 is 0. The minimum absolute atomic E-state index is 1.10. The molecule has 9 aromatic rings. The fraction of sp³-hybridized carbons (Fsp3) is 0.0294. The molecule has 2 nitrogen and oxygen atoms in total. The van der Waals surface area contributed by atoms with Crippen LogP contribution in [0.25, 0.3) is 48.6 Å². The predicted molar refractivity (Wildman–Crippen MR) is 305 cm³/mol. The van der Waals surface area contributed by atoms with Crippen molar-refractivity contribution in [2.24, 2.45) is 0 Å². The van der Waals surface area contributed by atoms with E-state index in [0.717, 1.165) is 67.5 Å². The molecule has 0 amide bonds. The lowest BCUT2D eigenvalue weighted by atomic mass is 10.1. The number of hydrogen-bond acceptors (Lipinski definition) is 2. The van der Waals surface area contributed by atoms with Gasteiger partial charge in [0.2, 0.25) is 0 Å². The second-order valence-corrected chi connectivity index (χ2v) is 17.3. The van der Waals surface area contributed by atoms with Crippen LogP contribution in [0.2, 0.25) is 0 Å². The Morgan fingerprint density at radius 2 is 0.386 bits per heavy atom. The number of aryl methyl sites for hydroxylation is 2. The van der Waals surface area contributed by atoms with Gasteiger partial charge >= 0.3 is 0 Å². The van der Waals surface area contributed by atoms with Gasteiger partial charge in [0, 0.05) is 34.1 Å². The summed E-state index contributed by atoms with van der Waals surface area (Å²) in [4.78, 5) is 4.62. The van der Waals surface area contributed by atoms with Gasteiger partial charge in [-0.3, -0.25) is 0 Å². The van der Waals surface area contributed by atoms with Crippen LogP contribution in [0.5, 0.6) is 0 Å². The molecule has 0 saturated carbocycles. The maximum Gasteiger partial charge on any atom is 0.0462 e. The maximum absolute atomic E-state index is 2.31. The van der Waals surface area contributed by atoms with Gasteiger partial charge < -0.3 is 9.80 Å². The van der Waals surface area contributed by atoms with Crippen molar-refractivity contribution in [2.45, 2.75) is 13.8 Å². The van der Waals surface area contributed by atoms with Crippen LogP contribution in [0, 0.1) is 13.8 Å². The molecular formula is C68H56N2. The average molecular weight is 901 g/mol. The Kier molecular flexibility index (Phi) is 15.3. The van der Waals surface area contributed by atoms with E-state index in [4.69, 9.17) is 0 Å². The van der Waals surface area contributed by atoms with E-state index in [9.17, 15) is 0 Å². The molecule has 0 aliphatic carbocycles. The van der Waals surface area contributed by atoms with Gasteiger partial charge in [0.25, 0.3) is 0 Å². The number of allylic oxidation sites excluding steroid dienone is 4. The topological polar surface area (TPSA) is 6.48 Å². The van der Waals surface area contributed by atoms with E-state index in [1.807, 2.05) is 12.1 Å². The second kappa shape index (κ2) is 23.2. The van der Waals surface area contributed by atoms with Gasteiger partial charge in [-0.15, -0.1) is 0 Å². The molecule has 0 radical (unpaired) electrons. The molecule has 0 aliphatic rings. The van der Waals surface area contributed by atoms with Crippen LogP contribution in [-0.2, 0) is 0 Å². The minimum Gasteiger partial charge on any atom is -0.311 e. The maximum atomic E-state index is 2.31. The molecule has 2 heteroatoms. The van der Waals surface area contributed by atoms with Crippen molar-refractivity contribution < 1.29 is 0 Å². The summed E-state index contributed by atoms with van der Waals surface area (Å²) in [5.74, 6) is 0. The van der Waals surface area contributed by atoms with Gasteiger partial charge in [-0.2, -0.15) is 0 Å². The molecule has 0 aromatic heterocycles. The molecule has 0 saturated heterocycles. The van der Waals surface area contributed by atoms with Crippen LogP contribution >= 0.6 is 0 Å². The molecule has 70 heavy (non-hydrogen) atoms. The summed E-state index contributed by atoms with van der Waals surface area (Å²) in [6.45, 7) is 4.25. The van der Waals surface area contributed by atoms with Crippen LogP contribution in [-0.4, -0.2) is 0 Å². The van der Waals surface area contributed by atoms with Gasteiger partial charge in [-0.25, -0.2) is 0 Å². The van der Waals surface area contributed by atoms with E-state index in [1.54, 1.807) is 0 Å². The van der Waals surface area contributed by atoms with Gasteiger partial charge in [0.05, 0.1) is 0 Å². The van der Waals surface area contributed by atoms with Crippen LogP contribution in [0.4, 0.5) is 34.1 Å². The molecule has 338 valence electrons. The van der Waals surface area contributed by atoms with Gasteiger partial charge in [0.15, 0.2) is 0 Å². The van der Waals surface area contributed by atoms with Crippen molar-refractivity contribution in [3.05, 3.63) is 310 Å². The SMILES string of the molecule is Cc1ccc(N(c2ccc(/C=C\C=C/c3ccccc3)cc2)c2ccc(/C=C/c3ccc(/C=C/c4ccc(N(c5ccc(C)cc5)c5ccc(/C=C\C=C/c6ccccc6)cc5)cc4)cc3)cc2)cc1. The minimum atomic E-state index is 1.10. The molecule has 0 unspecified atom stereocenters. The van der Waals surface area contributed by atoms with Crippen molar-refractivity contribution in [1.29, 1.82) is 0 Å². The first-order valence-electron chi connectivity index (χ1n) is 23.9.